The topological polar surface area (TPSA) is 59.2 Å². The first kappa shape index (κ1) is 13.4. The van der Waals surface area contributed by atoms with Crippen molar-refractivity contribution >= 4 is 17.7 Å². The van der Waals surface area contributed by atoms with E-state index in [1.807, 2.05) is 18.1 Å². The van der Waals surface area contributed by atoms with E-state index in [4.69, 9.17) is 4.52 Å². The highest BCUT2D eigenvalue weighted by Crippen LogP contribution is 2.26. The molecule has 5 nitrogen and oxygen atoms in total. The van der Waals surface area contributed by atoms with E-state index in [1.54, 1.807) is 11.8 Å². The summed E-state index contributed by atoms with van der Waals surface area (Å²) in [5.74, 6) is 2.62. The standard InChI is InChI=1S/C12H19N3O2S/c1-3-11(16)15-6-4-5-9(7-15)12-13-10(8-18-2)14-17-12/h9H,3-8H2,1-2H3/t9-/m1/s1. The van der Waals surface area contributed by atoms with Crippen molar-refractivity contribution in [3.63, 3.8) is 0 Å². The summed E-state index contributed by atoms with van der Waals surface area (Å²) in [6.07, 6.45) is 4.61. The molecule has 1 aromatic rings. The van der Waals surface area contributed by atoms with E-state index in [0.29, 0.717) is 18.9 Å². The first-order valence-corrected chi connectivity index (χ1v) is 7.73. The van der Waals surface area contributed by atoms with Gasteiger partial charge in [0.25, 0.3) is 0 Å². The van der Waals surface area contributed by atoms with E-state index in [0.717, 1.165) is 31.0 Å². The third-order valence-corrected chi connectivity index (χ3v) is 3.73. The molecule has 1 aromatic heterocycles. The Hall–Kier alpha value is -1.04. The van der Waals surface area contributed by atoms with Crippen molar-refractivity contribution in [1.29, 1.82) is 0 Å². The van der Waals surface area contributed by atoms with Crippen molar-refractivity contribution in [2.24, 2.45) is 0 Å². The highest BCUT2D eigenvalue weighted by Gasteiger charge is 2.27. The summed E-state index contributed by atoms with van der Waals surface area (Å²) in [4.78, 5) is 18.0. The molecular weight excluding hydrogens is 250 g/mol. The molecule has 2 rings (SSSR count). The van der Waals surface area contributed by atoms with Gasteiger partial charge in [-0.25, -0.2) is 0 Å². The lowest BCUT2D eigenvalue weighted by Crippen LogP contribution is -2.38. The quantitative estimate of drug-likeness (QED) is 0.837. The zero-order valence-electron chi connectivity index (χ0n) is 10.9. The average molecular weight is 269 g/mol. The van der Waals surface area contributed by atoms with Gasteiger partial charge in [-0.2, -0.15) is 16.7 Å². The van der Waals surface area contributed by atoms with E-state index in [1.165, 1.54) is 0 Å². The average Bonchev–Trinajstić information content (AvgIpc) is 2.87. The van der Waals surface area contributed by atoms with Crippen LogP contribution in [0, 0.1) is 0 Å². The SMILES string of the molecule is CCC(=O)N1CCC[C@@H](c2nc(CSC)no2)C1. The number of carbonyl (C=O) groups is 1. The molecule has 1 atom stereocenters. The molecule has 6 heteroatoms. The second kappa shape index (κ2) is 6.22. The van der Waals surface area contributed by atoms with Crippen molar-refractivity contribution in [3.8, 4) is 0 Å². The third-order valence-electron chi connectivity index (χ3n) is 3.18. The van der Waals surface area contributed by atoms with Gasteiger partial charge < -0.3 is 9.42 Å². The third kappa shape index (κ3) is 3.04. The largest absolute Gasteiger partial charge is 0.342 e. The van der Waals surface area contributed by atoms with Crippen LogP contribution in [0.2, 0.25) is 0 Å². The highest BCUT2D eigenvalue weighted by molar-refractivity contribution is 7.97. The zero-order chi connectivity index (χ0) is 13.0. The Bertz CT molecular complexity index is 408. The second-order valence-electron chi connectivity index (χ2n) is 4.51. The predicted molar refractivity (Wildman–Crippen MR) is 70.4 cm³/mol. The fraction of sp³-hybridized carbons (Fsp3) is 0.750. The molecular formula is C12H19N3O2S. The normalized spacial score (nSPS) is 20.1. The van der Waals surface area contributed by atoms with Crippen molar-refractivity contribution in [2.45, 2.75) is 37.9 Å². The summed E-state index contributed by atoms with van der Waals surface area (Å²) in [6, 6.07) is 0. The van der Waals surface area contributed by atoms with E-state index in [9.17, 15) is 4.79 Å². The number of hydrogen-bond donors (Lipinski definition) is 0. The Morgan fingerprint density at radius 3 is 3.17 bits per heavy atom. The van der Waals surface area contributed by atoms with Crippen LogP contribution >= 0.6 is 11.8 Å². The molecule has 1 aliphatic heterocycles. The monoisotopic (exact) mass is 269 g/mol. The van der Waals surface area contributed by atoms with E-state index in [2.05, 4.69) is 10.1 Å². The van der Waals surface area contributed by atoms with Gasteiger partial charge in [-0.05, 0) is 19.1 Å². The lowest BCUT2D eigenvalue weighted by molar-refractivity contribution is -0.132. The number of nitrogens with zero attached hydrogens (tertiary/aromatic N) is 3. The lowest BCUT2D eigenvalue weighted by atomic mass is 9.98. The Labute approximate surface area is 111 Å². The molecule has 1 saturated heterocycles. The molecule has 0 unspecified atom stereocenters. The van der Waals surface area contributed by atoms with E-state index < -0.39 is 0 Å². The summed E-state index contributed by atoms with van der Waals surface area (Å²) in [5.41, 5.74) is 0. The van der Waals surface area contributed by atoms with Crippen LogP contribution in [0.25, 0.3) is 0 Å². The number of piperidine rings is 1. The van der Waals surface area contributed by atoms with Gasteiger partial charge in [-0.15, -0.1) is 0 Å². The molecule has 18 heavy (non-hydrogen) atoms. The van der Waals surface area contributed by atoms with Gasteiger partial charge in [0.15, 0.2) is 5.82 Å². The minimum Gasteiger partial charge on any atom is -0.342 e. The van der Waals surface area contributed by atoms with Gasteiger partial charge in [0, 0.05) is 19.5 Å². The van der Waals surface area contributed by atoms with Gasteiger partial charge >= 0.3 is 0 Å². The van der Waals surface area contributed by atoms with E-state index in [-0.39, 0.29) is 11.8 Å². The number of thioether (sulfide) groups is 1. The molecule has 0 radical (unpaired) electrons. The van der Waals surface area contributed by atoms with Gasteiger partial charge in [-0.1, -0.05) is 12.1 Å². The molecule has 0 spiro atoms. The molecule has 0 aliphatic carbocycles. The van der Waals surface area contributed by atoms with Gasteiger partial charge in [0.2, 0.25) is 11.8 Å². The zero-order valence-corrected chi connectivity index (χ0v) is 11.7. The Kier molecular flexibility index (Phi) is 4.63. The van der Waals surface area contributed by atoms with Crippen LogP contribution < -0.4 is 0 Å². The number of amides is 1. The first-order valence-electron chi connectivity index (χ1n) is 6.33. The maximum atomic E-state index is 11.7. The Morgan fingerprint density at radius 1 is 1.61 bits per heavy atom. The van der Waals surface area contributed by atoms with Crippen LogP contribution in [0.3, 0.4) is 0 Å². The summed E-state index contributed by atoms with van der Waals surface area (Å²) >= 11 is 1.67. The Balaban J connectivity index is 2.01. The van der Waals surface area contributed by atoms with Gasteiger partial charge in [0.1, 0.15) is 0 Å². The molecule has 100 valence electrons. The van der Waals surface area contributed by atoms with Gasteiger partial charge in [-0.3, -0.25) is 4.79 Å². The molecule has 2 heterocycles. The minimum absolute atomic E-state index is 0.206. The molecule has 1 fully saturated rings. The predicted octanol–water partition coefficient (Wildman–Crippen LogP) is 2.05. The van der Waals surface area contributed by atoms with Crippen molar-refractivity contribution in [3.05, 3.63) is 11.7 Å². The fourth-order valence-corrected chi connectivity index (χ4v) is 2.63. The number of hydrogen-bond acceptors (Lipinski definition) is 5. The minimum atomic E-state index is 0.206. The fourth-order valence-electron chi connectivity index (χ4n) is 2.25. The maximum Gasteiger partial charge on any atom is 0.231 e. The van der Waals surface area contributed by atoms with Crippen molar-refractivity contribution < 1.29 is 9.32 Å². The lowest BCUT2D eigenvalue weighted by Gasteiger charge is -2.30. The summed E-state index contributed by atoms with van der Waals surface area (Å²) in [6.45, 7) is 3.47. The van der Waals surface area contributed by atoms with E-state index >= 15 is 0 Å². The molecule has 1 aliphatic rings. The smallest absolute Gasteiger partial charge is 0.231 e. The molecule has 0 saturated carbocycles. The number of aromatic nitrogens is 2. The Morgan fingerprint density at radius 2 is 2.44 bits per heavy atom. The molecule has 1 amide bonds. The first-order chi connectivity index (χ1) is 8.74. The maximum absolute atomic E-state index is 11.7. The summed E-state index contributed by atoms with van der Waals surface area (Å²) in [7, 11) is 0. The van der Waals surface area contributed by atoms with Crippen LogP contribution in [0.15, 0.2) is 4.52 Å². The summed E-state index contributed by atoms with van der Waals surface area (Å²) in [5, 5.41) is 3.96. The number of likely N-dealkylation sites (tertiary alicyclic amines) is 1. The van der Waals surface area contributed by atoms with Crippen LogP contribution in [-0.2, 0) is 10.5 Å². The van der Waals surface area contributed by atoms with Crippen LogP contribution in [-0.4, -0.2) is 40.3 Å². The van der Waals surface area contributed by atoms with Gasteiger partial charge in [0.05, 0.1) is 11.7 Å². The second-order valence-corrected chi connectivity index (χ2v) is 5.38. The number of rotatable bonds is 4. The van der Waals surface area contributed by atoms with Crippen molar-refractivity contribution in [1.82, 2.24) is 15.0 Å². The number of carbonyl (C=O) groups excluding carboxylic acids is 1. The van der Waals surface area contributed by atoms with Crippen LogP contribution in [0.5, 0.6) is 0 Å². The van der Waals surface area contributed by atoms with Crippen LogP contribution in [0.1, 0.15) is 43.8 Å². The molecule has 0 aromatic carbocycles. The highest BCUT2D eigenvalue weighted by atomic mass is 32.2. The molecule has 0 bridgehead atoms. The van der Waals surface area contributed by atoms with Crippen molar-refractivity contribution in [2.75, 3.05) is 19.3 Å². The van der Waals surface area contributed by atoms with Crippen LogP contribution in [0.4, 0.5) is 0 Å². The molecule has 0 N–H and O–H groups in total. The summed E-state index contributed by atoms with van der Waals surface area (Å²) < 4.78 is 5.31.